The molecule has 1 heterocycles. The average molecular weight is 233 g/mol. The van der Waals surface area contributed by atoms with Crippen molar-refractivity contribution in [1.82, 2.24) is 5.32 Å². The summed E-state index contributed by atoms with van der Waals surface area (Å²) >= 11 is 0. The van der Waals surface area contributed by atoms with Crippen LogP contribution in [0.4, 0.5) is 0 Å². The Balaban J connectivity index is 1.80. The van der Waals surface area contributed by atoms with E-state index in [-0.39, 0.29) is 0 Å². The van der Waals surface area contributed by atoms with Crippen LogP contribution in [0.3, 0.4) is 0 Å². The highest BCUT2D eigenvalue weighted by Gasteiger charge is 2.17. The molecule has 0 aromatic heterocycles. The molecule has 2 heteroatoms. The van der Waals surface area contributed by atoms with Crippen molar-refractivity contribution >= 4 is 0 Å². The normalized spacial score (nSPS) is 24.6. The third-order valence-corrected chi connectivity index (χ3v) is 3.65. The Morgan fingerprint density at radius 1 is 1.24 bits per heavy atom. The van der Waals surface area contributed by atoms with Gasteiger partial charge in [0.2, 0.25) is 0 Å². The van der Waals surface area contributed by atoms with E-state index in [4.69, 9.17) is 4.74 Å². The number of hydrogen-bond acceptors (Lipinski definition) is 2. The third kappa shape index (κ3) is 3.74. The topological polar surface area (TPSA) is 21.3 Å². The predicted molar refractivity (Wildman–Crippen MR) is 71.6 cm³/mol. The van der Waals surface area contributed by atoms with Crippen molar-refractivity contribution in [2.45, 2.75) is 51.1 Å². The molecule has 0 saturated carbocycles. The summed E-state index contributed by atoms with van der Waals surface area (Å²) in [6.45, 7) is 2.29. The zero-order valence-corrected chi connectivity index (χ0v) is 10.9. The molecule has 0 aliphatic carbocycles. The van der Waals surface area contributed by atoms with Crippen molar-refractivity contribution in [2.24, 2.45) is 0 Å². The average Bonchev–Trinajstić information content (AvgIpc) is 2.37. The lowest BCUT2D eigenvalue weighted by molar-refractivity contribution is 0.322. The van der Waals surface area contributed by atoms with Crippen LogP contribution in [0.5, 0.6) is 5.75 Å². The van der Waals surface area contributed by atoms with Crippen molar-refractivity contribution in [3.63, 3.8) is 0 Å². The van der Waals surface area contributed by atoms with Gasteiger partial charge in [-0.3, -0.25) is 0 Å². The lowest BCUT2D eigenvalue weighted by Crippen LogP contribution is -2.40. The SMILES string of the molecule is COc1ccc(CCC2CCCC(C)N2)cc1. The van der Waals surface area contributed by atoms with Crippen molar-refractivity contribution < 1.29 is 4.74 Å². The van der Waals surface area contributed by atoms with Gasteiger partial charge in [-0.15, -0.1) is 0 Å². The Morgan fingerprint density at radius 3 is 2.65 bits per heavy atom. The van der Waals surface area contributed by atoms with Gasteiger partial charge in [0.05, 0.1) is 7.11 Å². The van der Waals surface area contributed by atoms with E-state index in [0.717, 1.165) is 12.2 Å². The van der Waals surface area contributed by atoms with Gasteiger partial charge in [0, 0.05) is 12.1 Å². The molecule has 0 bridgehead atoms. The van der Waals surface area contributed by atoms with E-state index in [0.29, 0.717) is 12.1 Å². The minimum atomic E-state index is 0.699. The molecule has 2 nitrogen and oxygen atoms in total. The quantitative estimate of drug-likeness (QED) is 0.862. The maximum Gasteiger partial charge on any atom is 0.118 e. The summed E-state index contributed by atoms with van der Waals surface area (Å²) in [5.41, 5.74) is 1.41. The Labute approximate surface area is 104 Å². The molecular weight excluding hydrogens is 210 g/mol. The van der Waals surface area contributed by atoms with Gasteiger partial charge in [0.1, 0.15) is 5.75 Å². The summed E-state index contributed by atoms with van der Waals surface area (Å²) < 4.78 is 5.17. The molecule has 0 radical (unpaired) electrons. The van der Waals surface area contributed by atoms with Gasteiger partial charge in [-0.25, -0.2) is 0 Å². The van der Waals surface area contributed by atoms with Gasteiger partial charge in [0.25, 0.3) is 0 Å². The highest BCUT2D eigenvalue weighted by Crippen LogP contribution is 2.18. The van der Waals surface area contributed by atoms with E-state index in [1.807, 2.05) is 12.1 Å². The van der Waals surface area contributed by atoms with Crippen molar-refractivity contribution in [3.8, 4) is 5.75 Å². The monoisotopic (exact) mass is 233 g/mol. The molecule has 0 spiro atoms. The maximum absolute atomic E-state index is 5.17. The van der Waals surface area contributed by atoms with Crippen LogP contribution in [0.2, 0.25) is 0 Å². The summed E-state index contributed by atoms with van der Waals surface area (Å²) in [7, 11) is 1.71. The molecule has 94 valence electrons. The van der Waals surface area contributed by atoms with Crippen LogP contribution in [0.25, 0.3) is 0 Å². The molecule has 0 amide bonds. The van der Waals surface area contributed by atoms with E-state index in [1.165, 1.54) is 31.2 Å². The standard InChI is InChI=1S/C15H23NO/c1-12-4-3-5-14(16-12)9-6-13-7-10-15(17-2)11-8-13/h7-8,10-12,14,16H,3-6,9H2,1-2H3. The molecular formula is C15H23NO. The number of methoxy groups -OCH3 is 1. The van der Waals surface area contributed by atoms with Crippen LogP contribution in [0.1, 0.15) is 38.2 Å². The summed E-state index contributed by atoms with van der Waals surface area (Å²) in [5.74, 6) is 0.943. The summed E-state index contributed by atoms with van der Waals surface area (Å²) in [5, 5.41) is 3.68. The number of ether oxygens (including phenoxy) is 1. The van der Waals surface area contributed by atoms with Crippen LogP contribution in [0.15, 0.2) is 24.3 Å². The first-order valence-electron chi connectivity index (χ1n) is 6.67. The molecule has 2 rings (SSSR count). The number of aryl methyl sites for hydroxylation is 1. The Bertz CT molecular complexity index is 333. The van der Waals surface area contributed by atoms with Crippen LogP contribution in [-0.2, 0) is 6.42 Å². The fourth-order valence-electron chi connectivity index (χ4n) is 2.60. The second-order valence-electron chi connectivity index (χ2n) is 5.08. The zero-order chi connectivity index (χ0) is 12.1. The molecule has 1 aromatic carbocycles. The predicted octanol–water partition coefficient (Wildman–Crippen LogP) is 3.16. The van der Waals surface area contributed by atoms with Crippen molar-refractivity contribution in [3.05, 3.63) is 29.8 Å². The summed E-state index contributed by atoms with van der Waals surface area (Å²) in [6, 6.07) is 9.85. The maximum atomic E-state index is 5.17. The van der Waals surface area contributed by atoms with Gasteiger partial charge in [-0.1, -0.05) is 18.6 Å². The van der Waals surface area contributed by atoms with Gasteiger partial charge >= 0.3 is 0 Å². The number of piperidine rings is 1. The van der Waals surface area contributed by atoms with Gasteiger partial charge in [-0.2, -0.15) is 0 Å². The lowest BCUT2D eigenvalue weighted by Gasteiger charge is -2.28. The fraction of sp³-hybridized carbons (Fsp3) is 0.600. The van der Waals surface area contributed by atoms with Crippen LogP contribution < -0.4 is 10.1 Å². The van der Waals surface area contributed by atoms with Crippen molar-refractivity contribution in [1.29, 1.82) is 0 Å². The highest BCUT2D eigenvalue weighted by molar-refractivity contribution is 5.27. The van der Waals surface area contributed by atoms with Crippen molar-refractivity contribution in [2.75, 3.05) is 7.11 Å². The number of rotatable bonds is 4. The molecule has 1 N–H and O–H groups in total. The minimum Gasteiger partial charge on any atom is -0.497 e. The second-order valence-corrected chi connectivity index (χ2v) is 5.08. The largest absolute Gasteiger partial charge is 0.497 e. The van der Waals surface area contributed by atoms with E-state index < -0.39 is 0 Å². The Kier molecular flexibility index (Phi) is 4.43. The highest BCUT2D eigenvalue weighted by atomic mass is 16.5. The molecule has 1 saturated heterocycles. The molecule has 1 aromatic rings. The Hall–Kier alpha value is -1.02. The first-order valence-corrected chi connectivity index (χ1v) is 6.67. The molecule has 17 heavy (non-hydrogen) atoms. The molecule has 2 unspecified atom stereocenters. The van der Waals surface area contributed by atoms with E-state index in [2.05, 4.69) is 24.4 Å². The first-order chi connectivity index (χ1) is 8.28. The summed E-state index contributed by atoms with van der Waals surface area (Å²) in [4.78, 5) is 0. The van der Waals surface area contributed by atoms with E-state index >= 15 is 0 Å². The van der Waals surface area contributed by atoms with Crippen LogP contribution in [0, 0.1) is 0 Å². The number of benzene rings is 1. The second kappa shape index (κ2) is 6.06. The third-order valence-electron chi connectivity index (χ3n) is 3.65. The fourth-order valence-corrected chi connectivity index (χ4v) is 2.60. The molecule has 2 atom stereocenters. The number of nitrogens with one attached hydrogen (secondary N) is 1. The number of hydrogen-bond donors (Lipinski definition) is 1. The van der Waals surface area contributed by atoms with E-state index in [9.17, 15) is 0 Å². The molecule has 1 aliphatic heterocycles. The van der Waals surface area contributed by atoms with E-state index in [1.54, 1.807) is 7.11 Å². The van der Waals surface area contributed by atoms with Gasteiger partial charge in [0.15, 0.2) is 0 Å². The molecule has 1 fully saturated rings. The Morgan fingerprint density at radius 2 is 2.00 bits per heavy atom. The smallest absolute Gasteiger partial charge is 0.118 e. The van der Waals surface area contributed by atoms with Gasteiger partial charge < -0.3 is 10.1 Å². The van der Waals surface area contributed by atoms with Gasteiger partial charge in [-0.05, 0) is 50.3 Å². The lowest BCUT2D eigenvalue weighted by atomic mass is 9.95. The van der Waals surface area contributed by atoms with Crippen LogP contribution in [-0.4, -0.2) is 19.2 Å². The minimum absolute atomic E-state index is 0.699. The summed E-state index contributed by atoms with van der Waals surface area (Å²) in [6.07, 6.45) is 6.45. The zero-order valence-electron chi connectivity index (χ0n) is 10.9. The van der Waals surface area contributed by atoms with Crippen LogP contribution >= 0.6 is 0 Å². The molecule has 1 aliphatic rings. The first kappa shape index (κ1) is 12.4.